The zero-order valence-corrected chi connectivity index (χ0v) is 9.67. The average molecular weight is 195 g/mol. The van der Waals surface area contributed by atoms with Crippen LogP contribution >= 0.6 is 0 Å². The molecule has 0 saturated carbocycles. The van der Waals surface area contributed by atoms with Crippen LogP contribution in [0.4, 0.5) is 0 Å². The zero-order valence-electron chi connectivity index (χ0n) is 9.67. The van der Waals surface area contributed by atoms with Crippen molar-refractivity contribution in [2.45, 2.75) is 53.1 Å². The lowest BCUT2D eigenvalue weighted by Crippen LogP contribution is -2.08. The van der Waals surface area contributed by atoms with E-state index in [1.807, 2.05) is 0 Å². The predicted molar refractivity (Wildman–Crippen MR) is 59.3 cm³/mol. The summed E-state index contributed by atoms with van der Waals surface area (Å²) in [6.07, 6.45) is 1.98. The molecule has 3 heteroatoms. The van der Waals surface area contributed by atoms with Gasteiger partial charge < -0.3 is 5.73 Å². The Morgan fingerprint density at radius 2 is 1.93 bits per heavy atom. The molecule has 80 valence electrons. The van der Waals surface area contributed by atoms with Crippen molar-refractivity contribution in [3.63, 3.8) is 0 Å². The number of rotatable bonds is 4. The molecule has 0 aromatic carbocycles. The summed E-state index contributed by atoms with van der Waals surface area (Å²) >= 11 is 0. The summed E-state index contributed by atoms with van der Waals surface area (Å²) in [5, 5.41) is 4.61. The van der Waals surface area contributed by atoms with Crippen molar-refractivity contribution in [2.24, 2.45) is 5.73 Å². The molecule has 1 rings (SSSR count). The Morgan fingerprint density at radius 1 is 1.29 bits per heavy atom. The molecule has 0 atom stereocenters. The molecule has 0 fully saturated rings. The van der Waals surface area contributed by atoms with Crippen LogP contribution in [-0.2, 0) is 19.4 Å². The first-order valence-electron chi connectivity index (χ1n) is 5.44. The average Bonchev–Trinajstić information content (AvgIpc) is 2.54. The summed E-state index contributed by atoms with van der Waals surface area (Å²) in [5.74, 6) is 0. The monoisotopic (exact) mass is 195 g/mol. The van der Waals surface area contributed by atoms with E-state index in [1.165, 1.54) is 11.3 Å². The minimum atomic E-state index is 0.426. The van der Waals surface area contributed by atoms with Crippen molar-refractivity contribution < 1.29 is 0 Å². The van der Waals surface area contributed by atoms with Crippen molar-refractivity contribution in [2.75, 3.05) is 0 Å². The SMILES string of the molecule is CCc1nn(C(C)C)c(CC)c1CN. The molecule has 0 radical (unpaired) electrons. The van der Waals surface area contributed by atoms with Gasteiger partial charge in [-0.05, 0) is 26.7 Å². The molecule has 0 amide bonds. The molecule has 0 aliphatic rings. The van der Waals surface area contributed by atoms with Crippen LogP contribution in [0.5, 0.6) is 0 Å². The Morgan fingerprint density at radius 3 is 2.29 bits per heavy atom. The quantitative estimate of drug-likeness (QED) is 0.799. The first-order valence-corrected chi connectivity index (χ1v) is 5.44. The van der Waals surface area contributed by atoms with Gasteiger partial charge in [0.1, 0.15) is 0 Å². The topological polar surface area (TPSA) is 43.8 Å². The third-order valence-electron chi connectivity index (χ3n) is 2.56. The zero-order chi connectivity index (χ0) is 10.7. The molecular formula is C11H21N3. The summed E-state index contributed by atoms with van der Waals surface area (Å²) < 4.78 is 2.11. The maximum atomic E-state index is 5.76. The molecule has 3 nitrogen and oxygen atoms in total. The summed E-state index contributed by atoms with van der Waals surface area (Å²) in [7, 11) is 0. The lowest BCUT2D eigenvalue weighted by molar-refractivity contribution is 0.506. The molecule has 0 bridgehead atoms. The van der Waals surface area contributed by atoms with Crippen LogP contribution in [-0.4, -0.2) is 9.78 Å². The fourth-order valence-corrected chi connectivity index (χ4v) is 1.88. The molecule has 0 aliphatic carbocycles. The van der Waals surface area contributed by atoms with Gasteiger partial charge in [-0.15, -0.1) is 0 Å². The van der Waals surface area contributed by atoms with Crippen molar-refractivity contribution in [1.29, 1.82) is 0 Å². The molecule has 0 aliphatic heterocycles. The van der Waals surface area contributed by atoms with Gasteiger partial charge in [-0.25, -0.2) is 0 Å². The molecule has 1 aromatic rings. The van der Waals surface area contributed by atoms with Gasteiger partial charge in [0.15, 0.2) is 0 Å². The van der Waals surface area contributed by atoms with Crippen LogP contribution in [0.2, 0.25) is 0 Å². The van der Waals surface area contributed by atoms with Gasteiger partial charge in [-0.3, -0.25) is 4.68 Å². The lowest BCUT2D eigenvalue weighted by atomic mass is 10.1. The predicted octanol–water partition coefficient (Wildman–Crippen LogP) is 2.05. The fraction of sp³-hybridized carbons (Fsp3) is 0.727. The maximum absolute atomic E-state index is 5.76. The van der Waals surface area contributed by atoms with Gasteiger partial charge in [0, 0.05) is 23.8 Å². The highest BCUT2D eigenvalue weighted by Gasteiger charge is 2.15. The van der Waals surface area contributed by atoms with E-state index in [0.29, 0.717) is 12.6 Å². The van der Waals surface area contributed by atoms with E-state index in [9.17, 15) is 0 Å². The van der Waals surface area contributed by atoms with E-state index in [4.69, 9.17) is 5.73 Å². The van der Waals surface area contributed by atoms with E-state index in [-0.39, 0.29) is 0 Å². The summed E-state index contributed by atoms with van der Waals surface area (Å²) in [6.45, 7) is 9.22. The second kappa shape index (κ2) is 4.60. The number of aromatic nitrogens is 2. The number of hydrogen-bond acceptors (Lipinski definition) is 2. The standard InChI is InChI=1S/C11H21N3/c1-5-10-9(7-12)11(6-2)14(13-10)8(3)4/h8H,5-7,12H2,1-4H3. The molecule has 0 saturated heterocycles. The van der Waals surface area contributed by atoms with Crippen molar-refractivity contribution in [3.8, 4) is 0 Å². The molecule has 2 N–H and O–H groups in total. The van der Waals surface area contributed by atoms with E-state index >= 15 is 0 Å². The Balaban J connectivity index is 3.24. The number of aryl methyl sites for hydroxylation is 1. The van der Waals surface area contributed by atoms with Crippen LogP contribution in [0.15, 0.2) is 0 Å². The summed E-state index contributed by atoms with van der Waals surface area (Å²) in [6, 6.07) is 0.426. The first-order chi connectivity index (χ1) is 6.65. The van der Waals surface area contributed by atoms with Crippen LogP contribution in [0.25, 0.3) is 0 Å². The van der Waals surface area contributed by atoms with E-state index in [1.54, 1.807) is 0 Å². The van der Waals surface area contributed by atoms with Gasteiger partial charge >= 0.3 is 0 Å². The highest BCUT2D eigenvalue weighted by atomic mass is 15.3. The van der Waals surface area contributed by atoms with Gasteiger partial charge in [0.25, 0.3) is 0 Å². The number of nitrogens with zero attached hydrogens (tertiary/aromatic N) is 2. The van der Waals surface area contributed by atoms with Crippen LogP contribution in [0.3, 0.4) is 0 Å². The molecule has 14 heavy (non-hydrogen) atoms. The Labute approximate surface area is 86.3 Å². The van der Waals surface area contributed by atoms with Gasteiger partial charge in [0.2, 0.25) is 0 Å². The van der Waals surface area contributed by atoms with E-state index < -0.39 is 0 Å². The Bertz CT molecular complexity index is 300. The van der Waals surface area contributed by atoms with E-state index in [0.717, 1.165) is 18.5 Å². The van der Waals surface area contributed by atoms with Gasteiger partial charge in [-0.2, -0.15) is 5.10 Å². The minimum Gasteiger partial charge on any atom is -0.326 e. The molecule has 1 aromatic heterocycles. The lowest BCUT2D eigenvalue weighted by Gasteiger charge is -2.10. The van der Waals surface area contributed by atoms with Crippen LogP contribution in [0.1, 0.15) is 50.7 Å². The minimum absolute atomic E-state index is 0.426. The van der Waals surface area contributed by atoms with Crippen molar-refractivity contribution in [3.05, 3.63) is 17.0 Å². The summed E-state index contributed by atoms with van der Waals surface area (Å²) in [4.78, 5) is 0. The maximum Gasteiger partial charge on any atom is 0.0669 e. The van der Waals surface area contributed by atoms with Crippen molar-refractivity contribution >= 4 is 0 Å². The second-order valence-electron chi connectivity index (χ2n) is 3.82. The Hall–Kier alpha value is -0.830. The van der Waals surface area contributed by atoms with Crippen LogP contribution < -0.4 is 5.73 Å². The highest BCUT2D eigenvalue weighted by molar-refractivity contribution is 5.26. The van der Waals surface area contributed by atoms with Gasteiger partial charge in [0.05, 0.1) is 5.69 Å². The Kier molecular flexibility index (Phi) is 3.69. The third kappa shape index (κ3) is 1.82. The molecular weight excluding hydrogens is 174 g/mol. The van der Waals surface area contributed by atoms with Crippen molar-refractivity contribution in [1.82, 2.24) is 9.78 Å². The smallest absolute Gasteiger partial charge is 0.0669 e. The molecule has 0 unspecified atom stereocenters. The highest BCUT2D eigenvalue weighted by Crippen LogP contribution is 2.19. The summed E-state index contributed by atoms with van der Waals surface area (Å²) in [5.41, 5.74) is 9.49. The first kappa shape index (κ1) is 11.2. The largest absolute Gasteiger partial charge is 0.326 e. The van der Waals surface area contributed by atoms with Crippen LogP contribution in [0, 0.1) is 0 Å². The van der Waals surface area contributed by atoms with Gasteiger partial charge in [-0.1, -0.05) is 13.8 Å². The number of nitrogens with two attached hydrogens (primary N) is 1. The number of hydrogen-bond donors (Lipinski definition) is 1. The second-order valence-corrected chi connectivity index (χ2v) is 3.82. The third-order valence-corrected chi connectivity index (χ3v) is 2.56. The fourth-order valence-electron chi connectivity index (χ4n) is 1.88. The van der Waals surface area contributed by atoms with E-state index in [2.05, 4.69) is 37.5 Å². The molecule has 1 heterocycles. The molecule has 0 spiro atoms. The normalized spacial score (nSPS) is 11.3.